The summed E-state index contributed by atoms with van der Waals surface area (Å²) in [6, 6.07) is 7.39. The van der Waals surface area contributed by atoms with E-state index in [9.17, 15) is 4.79 Å². The first kappa shape index (κ1) is 12.5. The summed E-state index contributed by atoms with van der Waals surface area (Å²) >= 11 is 0. The molecule has 1 aromatic heterocycles. The number of pyridine rings is 1. The van der Waals surface area contributed by atoms with Crippen molar-refractivity contribution in [3.8, 4) is 0 Å². The van der Waals surface area contributed by atoms with Crippen molar-refractivity contribution in [2.24, 2.45) is 0 Å². The second-order valence-electron chi connectivity index (χ2n) is 4.36. The minimum atomic E-state index is -0.158. The SMILES string of the molecule is CN[C@H](C)C(=O)Cc1ccc2ncccc2c1N. The standard InChI is InChI=1S/C14H17N3O/c1-9(16-2)13(18)8-10-5-6-12-11(14(10)15)4-3-7-17-12/h3-7,9,16H,8,15H2,1-2H3/t9-/m1/s1. The molecule has 2 aromatic rings. The Kier molecular flexibility index (Phi) is 3.58. The molecule has 1 aromatic carbocycles. The number of nitrogen functional groups attached to an aromatic ring is 1. The molecule has 0 saturated heterocycles. The Morgan fingerprint density at radius 1 is 1.44 bits per heavy atom. The van der Waals surface area contributed by atoms with Crippen LogP contribution in [0.15, 0.2) is 30.5 Å². The summed E-state index contributed by atoms with van der Waals surface area (Å²) in [5, 5.41) is 3.84. The third-order valence-electron chi connectivity index (χ3n) is 3.20. The first-order valence-corrected chi connectivity index (χ1v) is 5.95. The molecule has 0 amide bonds. The van der Waals surface area contributed by atoms with Crippen LogP contribution in [0.5, 0.6) is 0 Å². The molecule has 0 saturated carbocycles. The minimum absolute atomic E-state index is 0.132. The van der Waals surface area contributed by atoms with Crippen LogP contribution >= 0.6 is 0 Å². The number of benzene rings is 1. The molecule has 4 heteroatoms. The number of aromatic nitrogens is 1. The molecule has 2 rings (SSSR count). The molecular weight excluding hydrogens is 226 g/mol. The number of rotatable bonds is 4. The van der Waals surface area contributed by atoms with Gasteiger partial charge in [-0.3, -0.25) is 9.78 Å². The molecular formula is C14H17N3O. The summed E-state index contributed by atoms with van der Waals surface area (Å²) in [4.78, 5) is 16.1. The quantitative estimate of drug-likeness (QED) is 0.799. The number of anilines is 1. The normalized spacial score (nSPS) is 12.6. The van der Waals surface area contributed by atoms with Crippen LogP contribution in [0.25, 0.3) is 10.9 Å². The molecule has 0 fully saturated rings. The van der Waals surface area contributed by atoms with Crippen LogP contribution in [-0.4, -0.2) is 23.9 Å². The van der Waals surface area contributed by atoms with E-state index in [2.05, 4.69) is 10.3 Å². The number of fused-ring (bicyclic) bond motifs is 1. The summed E-state index contributed by atoms with van der Waals surface area (Å²) in [6.45, 7) is 1.85. The van der Waals surface area contributed by atoms with Crippen LogP contribution in [0.3, 0.4) is 0 Å². The largest absolute Gasteiger partial charge is 0.398 e. The molecule has 0 bridgehead atoms. The summed E-state index contributed by atoms with van der Waals surface area (Å²) in [6.07, 6.45) is 2.08. The molecule has 94 valence electrons. The van der Waals surface area contributed by atoms with E-state index in [4.69, 9.17) is 5.73 Å². The van der Waals surface area contributed by atoms with Crippen molar-refractivity contribution < 1.29 is 4.79 Å². The number of hydrogen-bond acceptors (Lipinski definition) is 4. The van der Waals surface area contributed by atoms with E-state index in [1.807, 2.05) is 31.2 Å². The third kappa shape index (κ3) is 2.33. The van der Waals surface area contributed by atoms with E-state index in [0.29, 0.717) is 12.1 Å². The van der Waals surface area contributed by atoms with Gasteiger partial charge in [0.1, 0.15) is 0 Å². The van der Waals surface area contributed by atoms with Gasteiger partial charge in [-0.05, 0) is 37.7 Å². The fourth-order valence-corrected chi connectivity index (χ4v) is 1.88. The molecule has 0 unspecified atom stereocenters. The van der Waals surface area contributed by atoms with Gasteiger partial charge in [0, 0.05) is 23.7 Å². The molecule has 18 heavy (non-hydrogen) atoms. The molecule has 0 radical (unpaired) electrons. The summed E-state index contributed by atoms with van der Waals surface area (Å²) < 4.78 is 0. The number of nitrogens with zero attached hydrogens (tertiary/aromatic N) is 1. The van der Waals surface area contributed by atoms with Crippen LogP contribution in [0, 0.1) is 0 Å². The summed E-state index contributed by atoms with van der Waals surface area (Å²) in [7, 11) is 1.77. The van der Waals surface area contributed by atoms with Gasteiger partial charge < -0.3 is 11.1 Å². The van der Waals surface area contributed by atoms with E-state index in [-0.39, 0.29) is 11.8 Å². The van der Waals surface area contributed by atoms with Crippen molar-refractivity contribution in [1.29, 1.82) is 0 Å². The molecule has 4 nitrogen and oxygen atoms in total. The van der Waals surface area contributed by atoms with Crippen molar-refractivity contribution in [1.82, 2.24) is 10.3 Å². The van der Waals surface area contributed by atoms with Gasteiger partial charge in [0.2, 0.25) is 0 Å². The van der Waals surface area contributed by atoms with Crippen LogP contribution in [0.4, 0.5) is 5.69 Å². The topological polar surface area (TPSA) is 68.0 Å². The van der Waals surface area contributed by atoms with Gasteiger partial charge in [0.05, 0.1) is 11.6 Å². The van der Waals surface area contributed by atoms with Crippen molar-refractivity contribution in [2.45, 2.75) is 19.4 Å². The Hall–Kier alpha value is -1.94. The zero-order valence-corrected chi connectivity index (χ0v) is 10.6. The van der Waals surface area contributed by atoms with Gasteiger partial charge >= 0.3 is 0 Å². The highest BCUT2D eigenvalue weighted by Gasteiger charge is 2.13. The van der Waals surface area contributed by atoms with Crippen LogP contribution in [-0.2, 0) is 11.2 Å². The van der Waals surface area contributed by atoms with Gasteiger partial charge in [-0.15, -0.1) is 0 Å². The number of carbonyl (C=O) groups is 1. The van der Waals surface area contributed by atoms with Crippen LogP contribution in [0.2, 0.25) is 0 Å². The lowest BCUT2D eigenvalue weighted by molar-refractivity contribution is -0.119. The van der Waals surface area contributed by atoms with E-state index >= 15 is 0 Å². The van der Waals surface area contributed by atoms with Crippen LogP contribution < -0.4 is 11.1 Å². The van der Waals surface area contributed by atoms with Crippen molar-refractivity contribution in [3.63, 3.8) is 0 Å². The Balaban J connectivity index is 2.35. The number of carbonyl (C=O) groups excluding carboxylic acids is 1. The lowest BCUT2D eigenvalue weighted by Crippen LogP contribution is -2.32. The molecule has 3 N–H and O–H groups in total. The molecule has 0 aliphatic heterocycles. The van der Waals surface area contributed by atoms with Gasteiger partial charge in [0.15, 0.2) is 5.78 Å². The Morgan fingerprint density at radius 3 is 2.94 bits per heavy atom. The molecule has 0 spiro atoms. The average molecular weight is 243 g/mol. The second kappa shape index (κ2) is 5.14. The van der Waals surface area contributed by atoms with Crippen LogP contribution in [0.1, 0.15) is 12.5 Å². The fraction of sp³-hybridized carbons (Fsp3) is 0.286. The lowest BCUT2D eigenvalue weighted by atomic mass is 10.0. The molecule has 1 heterocycles. The second-order valence-corrected chi connectivity index (χ2v) is 4.36. The maximum absolute atomic E-state index is 11.9. The maximum Gasteiger partial charge on any atom is 0.153 e. The highest BCUT2D eigenvalue weighted by Crippen LogP contribution is 2.23. The van der Waals surface area contributed by atoms with Crippen molar-refractivity contribution in [2.75, 3.05) is 12.8 Å². The van der Waals surface area contributed by atoms with Crippen molar-refractivity contribution >= 4 is 22.4 Å². The first-order valence-electron chi connectivity index (χ1n) is 5.95. The van der Waals surface area contributed by atoms with E-state index in [1.165, 1.54) is 0 Å². The number of hydrogen-bond donors (Lipinski definition) is 2. The fourth-order valence-electron chi connectivity index (χ4n) is 1.88. The zero-order chi connectivity index (χ0) is 13.1. The number of likely N-dealkylation sites (N-methyl/N-ethyl adjacent to an activating group) is 1. The summed E-state index contributed by atoms with van der Waals surface area (Å²) in [5.41, 5.74) is 8.46. The van der Waals surface area contributed by atoms with E-state index < -0.39 is 0 Å². The summed E-state index contributed by atoms with van der Waals surface area (Å²) in [5.74, 6) is 0.132. The number of Topliss-reactive ketones (excluding diaryl/α,β-unsaturated/α-hetero) is 1. The maximum atomic E-state index is 11.9. The predicted molar refractivity (Wildman–Crippen MR) is 73.4 cm³/mol. The molecule has 0 aliphatic rings. The third-order valence-corrected chi connectivity index (χ3v) is 3.20. The number of nitrogens with two attached hydrogens (primary N) is 1. The van der Waals surface area contributed by atoms with E-state index in [0.717, 1.165) is 16.5 Å². The van der Waals surface area contributed by atoms with E-state index in [1.54, 1.807) is 13.2 Å². The highest BCUT2D eigenvalue weighted by molar-refractivity contribution is 5.95. The minimum Gasteiger partial charge on any atom is -0.398 e. The van der Waals surface area contributed by atoms with Gasteiger partial charge in [0.25, 0.3) is 0 Å². The Morgan fingerprint density at radius 2 is 2.22 bits per heavy atom. The Labute approximate surface area is 106 Å². The molecule has 0 aliphatic carbocycles. The Bertz CT molecular complexity index is 580. The lowest BCUT2D eigenvalue weighted by Gasteiger charge is -2.11. The first-order chi connectivity index (χ1) is 8.63. The monoisotopic (exact) mass is 243 g/mol. The average Bonchev–Trinajstić information content (AvgIpc) is 2.41. The molecule has 1 atom stereocenters. The highest BCUT2D eigenvalue weighted by atomic mass is 16.1. The predicted octanol–water partition coefficient (Wildman–Crippen LogP) is 1.54. The number of nitrogens with one attached hydrogen (secondary N) is 1. The van der Waals surface area contributed by atoms with Gasteiger partial charge in [-0.2, -0.15) is 0 Å². The number of ketones is 1. The smallest absolute Gasteiger partial charge is 0.153 e. The van der Waals surface area contributed by atoms with Gasteiger partial charge in [-0.25, -0.2) is 0 Å². The van der Waals surface area contributed by atoms with Crippen molar-refractivity contribution in [3.05, 3.63) is 36.0 Å². The van der Waals surface area contributed by atoms with Gasteiger partial charge in [-0.1, -0.05) is 6.07 Å². The zero-order valence-electron chi connectivity index (χ0n) is 10.6.